The van der Waals surface area contributed by atoms with Crippen molar-refractivity contribution in [3.05, 3.63) is 83.6 Å². The molecule has 1 fully saturated rings. The minimum absolute atomic E-state index is 0.0432. The Morgan fingerprint density at radius 2 is 1.73 bits per heavy atom. The second kappa shape index (κ2) is 12.8. The van der Waals surface area contributed by atoms with Gasteiger partial charge in [0, 0.05) is 48.3 Å². The highest BCUT2D eigenvalue weighted by atomic mass is 32.2. The molecule has 0 bridgehead atoms. The normalized spacial score (nSPS) is 14.4. The summed E-state index contributed by atoms with van der Waals surface area (Å²) < 4.78 is 94.6. The predicted molar refractivity (Wildman–Crippen MR) is 169 cm³/mol. The number of aryl methyl sites for hydroxylation is 2. The second-order valence-electron chi connectivity index (χ2n) is 11.8. The molecule has 0 atom stereocenters. The van der Waals surface area contributed by atoms with Crippen LogP contribution >= 0.6 is 0 Å². The van der Waals surface area contributed by atoms with E-state index in [-0.39, 0.29) is 51.0 Å². The van der Waals surface area contributed by atoms with Gasteiger partial charge >= 0.3 is 6.18 Å². The lowest BCUT2D eigenvalue weighted by Gasteiger charge is -2.22. The van der Waals surface area contributed by atoms with Crippen molar-refractivity contribution in [3.63, 3.8) is 0 Å². The lowest BCUT2D eigenvalue weighted by Crippen LogP contribution is -2.20. The summed E-state index contributed by atoms with van der Waals surface area (Å²) in [7, 11) is -3.94. The van der Waals surface area contributed by atoms with Crippen molar-refractivity contribution in [2.75, 3.05) is 6.26 Å². The SMILES string of the molecule is Cc1nc(-c2cc(-c3cc(F)c(CO)c(S(C)(=O)=O)c3)ccc2-n2cc(C(F)(F)F)nc2C)c(-c2ccc(OC3CCCCC3)nc2)o1. The van der Waals surface area contributed by atoms with Crippen LogP contribution in [0.2, 0.25) is 0 Å². The molecule has 6 rings (SSSR count). The predicted octanol–water partition coefficient (Wildman–Crippen LogP) is 7.64. The first-order valence-electron chi connectivity index (χ1n) is 15.2. The van der Waals surface area contributed by atoms with Crippen LogP contribution in [0.3, 0.4) is 0 Å². The lowest BCUT2D eigenvalue weighted by atomic mass is 9.97. The zero-order valence-electron chi connectivity index (χ0n) is 26.3. The molecule has 3 aromatic heterocycles. The number of imidazole rings is 1. The van der Waals surface area contributed by atoms with Gasteiger partial charge in [0.25, 0.3) is 0 Å². The number of aromatic nitrogens is 4. The van der Waals surface area contributed by atoms with E-state index in [2.05, 4.69) is 15.0 Å². The highest BCUT2D eigenvalue weighted by Gasteiger charge is 2.35. The molecule has 1 N–H and O–H groups in total. The molecule has 2 aromatic carbocycles. The average Bonchev–Trinajstić information content (AvgIpc) is 3.63. The maximum Gasteiger partial charge on any atom is 0.434 e. The number of hydrogen-bond donors (Lipinski definition) is 1. The average molecular weight is 685 g/mol. The van der Waals surface area contributed by atoms with E-state index in [9.17, 15) is 26.7 Å². The first kappa shape index (κ1) is 33.3. The number of pyridine rings is 1. The minimum atomic E-state index is -4.70. The third-order valence-corrected chi connectivity index (χ3v) is 9.46. The molecule has 0 spiro atoms. The topological polar surface area (TPSA) is 120 Å². The number of aliphatic hydroxyl groups is 1. The van der Waals surface area contributed by atoms with Crippen LogP contribution in [0, 0.1) is 19.7 Å². The van der Waals surface area contributed by atoms with Crippen LogP contribution in [-0.2, 0) is 22.6 Å². The van der Waals surface area contributed by atoms with E-state index < -0.39 is 34.1 Å². The van der Waals surface area contributed by atoms with Crippen LogP contribution < -0.4 is 4.74 Å². The Morgan fingerprint density at radius 1 is 1.00 bits per heavy atom. The van der Waals surface area contributed by atoms with Crippen LogP contribution in [0.25, 0.3) is 39.4 Å². The van der Waals surface area contributed by atoms with Crippen LogP contribution in [0.4, 0.5) is 17.6 Å². The molecule has 1 saturated carbocycles. The molecule has 3 heterocycles. The Kier molecular flexibility index (Phi) is 8.90. The van der Waals surface area contributed by atoms with E-state index in [0.29, 0.717) is 22.6 Å². The zero-order valence-corrected chi connectivity index (χ0v) is 27.1. The molecule has 0 saturated heterocycles. The number of halogens is 4. The third-order valence-electron chi connectivity index (χ3n) is 8.30. The molecule has 1 aliphatic rings. The van der Waals surface area contributed by atoms with Gasteiger partial charge in [-0.1, -0.05) is 12.5 Å². The Bertz CT molecular complexity index is 2080. The van der Waals surface area contributed by atoms with E-state index in [0.717, 1.165) is 44.2 Å². The molecule has 1 aliphatic carbocycles. The molecule has 5 aromatic rings. The highest BCUT2D eigenvalue weighted by Crippen LogP contribution is 2.40. The number of aliphatic hydroxyl groups excluding tert-OH is 1. The summed E-state index contributed by atoms with van der Waals surface area (Å²) >= 11 is 0. The second-order valence-corrected chi connectivity index (χ2v) is 13.8. The van der Waals surface area contributed by atoms with Crippen LogP contribution in [0.1, 0.15) is 55.1 Å². The molecule has 0 aliphatic heterocycles. The van der Waals surface area contributed by atoms with E-state index in [1.807, 2.05) is 0 Å². The van der Waals surface area contributed by atoms with Crippen molar-refractivity contribution in [2.45, 2.75) is 69.7 Å². The van der Waals surface area contributed by atoms with E-state index in [4.69, 9.17) is 9.15 Å². The number of benzene rings is 2. The molecule has 9 nitrogen and oxygen atoms in total. The smallest absolute Gasteiger partial charge is 0.434 e. The van der Waals surface area contributed by atoms with Crippen molar-refractivity contribution in [1.82, 2.24) is 19.5 Å². The van der Waals surface area contributed by atoms with Crippen molar-refractivity contribution in [3.8, 4) is 45.3 Å². The minimum Gasteiger partial charge on any atom is -0.474 e. The summed E-state index contributed by atoms with van der Waals surface area (Å²) in [6, 6.07) is 10.4. The van der Waals surface area contributed by atoms with Crippen molar-refractivity contribution < 1.29 is 40.2 Å². The Hall–Kier alpha value is -4.56. The van der Waals surface area contributed by atoms with Crippen molar-refractivity contribution in [2.24, 2.45) is 0 Å². The summed E-state index contributed by atoms with van der Waals surface area (Å²) in [4.78, 5) is 12.4. The largest absolute Gasteiger partial charge is 0.474 e. The lowest BCUT2D eigenvalue weighted by molar-refractivity contribution is -0.141. The first-order valence-corrected chi connectivity index (χ1v) is 17.1. The fraction of sp³-hybridized carbons (Fsp3) is 0.324. The molecule has 0 radical (unpaired) electrons. The number of sulfone groups is 1. The molecule has 14 heteroatoms. The molecule has 252 valence electrons. The Balaban J connectivity index is 1.51. The highest BCUT2D eigenvalue weighted by molar-refractivity contribution is 7.90. The number of nitrogens with zero attached hydrogens (tertiary/aromatic N) is 4. The maximum absolute atomic E-state index is 15.1. The summed E-state index contributed by atoms with van der Waals surface area (Å²) in [5.74, 6) is 0.0995. The van der Waals surface area contributed by atoms with E-state index in [1.165, 1.54) is 36.1 Å². The standard InChI is InChI=1S/C34H32F4N4O5S/c1-19-40-30(34(36,37)38)17-42(19)28-11-9-21(23-14-27(35)26(18-43)29(15-23)48(3,44)45)13-25(28)32-33(46-20(2)41-32)22-10-12-31(39-16-22)47-24-7-5-4-6-8-24/h9-17,24,43H,4-8,18H2,1-3H3. The first-order chi connectivity index (χ1) is 22.7. The zero-order chi connectivity index (χ0) is 34.4. The van der Waals surface area contributed by atoms with Gasteiger partial charge < -0.3 is 18.8 Å². The van der Waals surface area contributed by atoms with Crippen molar-refractivity contribution in [1.29, 1.82) is 0 Å². The number of alkyl halides is 3. The molecule has 0 unspecified atom stereocenters. The summed E-state index contributed by atoms with van der Waals surface area (Å²) in [6.45, 7) is 2.22. The molecular weight excluding hydrogens is 652 g/mol. The van der Waals surface area contributed by atoms with Crippen LogP contribution in [-0.4, -0.2) is 45.4 Å². The van der Waals surface area contributed by atoms with Gasteiger partial charge in [-0.3, -0.25) is 0 Å². The van der Waals surface area contributed by atoms with Gasteiger partial charge in [0.15, 0.2) is 27.2 Å². The number of ether oxygens (including phenoxy) is 1. The van der Waals surface area contributed by atoms with Gasteiger partial charge in [-0.15, -0.1) is 0 Å². The van der Waals surface area contributed by atoms with Gasteiger partial charge in [0.2, 0.25) is 5.88 Å². The van der Waals surface area contributed by atoms with E-state index in [1.54, 1.807) is 31.3 Å². The van der Waals surface area contributed by atoms with Gasteiger partial charge in [-0.25, -0.2) is 27.8 Å². The number of oxazole rings is 1. The molecule has 48 heavy (non-hydrogen) atoms. The summed E-state index contributed by atoms with van der Waals surface area (Å²) in [5, 5.41) is 9.68. The fourth-order valence-corrected chi connectivity index (χ4v) is 6.92. The molecular formula is C34H32F4N4O5S. The Labute approximate surface area is 274 Å². The summed E-state index contributed by atoms with van der Waals surface area (Å²) in [5.41, 5.74) is 0.353. The van der Waals surface area contributed by atoms with Gasteiger partial charge in [0.05, 0.1) is 17.2 Å². The van der Waals surface area contributed by atoms with Gasteiger partial charge in [-0.05, 0) is 74.1 Å². The third kappa shape index (κ3) is 6.72. The van der Waals surface area contributed by atoms with E-state index >= 15 is 4.39 Å². The van der Waals surface area contributed by atoms with Gasteiger partial charge in [0.1, 0.15) is 23.4 Å². The number of hydrogen-bond acceptors (Lipinski definition) is 8. The van der Waals surface area contributed by atoms with Crippen LogP contribution in [0.15, 0.2) is 64.2 Å². The number of rotatable bonds is 8. The maximum atomic E-state index is 15.1. The van der Waals surface area contributed by atoms with Gasteiger partial charge in [-0.2, -0.15) is 13.2 Å². The van der Waals surface area contributed by atoms with Crippen LogP contribution in [0.5, 0.6) is 5.88 Å². The summed E-state index contributed by atoms with van der Waals surface area (Å²) in [6.07, 6.45) is 4.01. The quantitative estimate of drug-likeness (QED) is 0.166. The Morgan fingerprint density at radius 3 is 2.35 bits per heavy atom. The fourth-order valence-electron chi connectivity index (χ4n) is 5.97. The monoisotopic (exact) mass is 684 g/mol. The van der Waals surface area contributed by atoms with Crippen molar-refractivity contribution >= 4 is 9.84 Å². The molecule has 0 amide bonds.